The highest BCUT2D eigenvalue weighted by atomic mass is 79.9. The zero-order valence-corrected chi connectivity index (χ0v) is 11.9. The minimum atomic E-state index is 0.714. The molecule has 0 unspecified atom stereocenters. The van der Waals surface area contributed by atoms with Crippen LogP contribution in [0.5, 0.6) is 5.75 Å². The van der Waals surface area contributed by atoms with Crippen molar-refractivity contribution in [2.45, 2.75) is 6.54 Å². The fraction of sp³-hybridized carbons (Fsp3) is 0.231. The van der Waals surface area contributed by atoms with Crippen LogP contribution in [0.15, 0.2) is 34.9 Å². The Morgan fingerprint density at radius 3 is 2.83 bits per heavy atom. The standard InChI is InChI=1S/C13H14BrN3O/c1-15-8-10-5-6-16-13(17-10)9-3-4-12(18-2)11(14)7-9/h3-7,15H,8H2,1-2H3. The van der Waals surface area contributed by atoms with Gasteiger partial charge < -0.3 is 10.1 Å². The molecule has 1 N–H and O–H groups in total. The average molecular weight is 308 g/mol. The molecule has 0 spiro atoms. The molecule has 0 saturated carbocycles. The van der Waals surface area contributed by atoms with Crippen LogP contribution >= 0.6 is 15.9 Å². The Hall–Kier alpha value is -1.46. The second-order valence-electron chi connectivity index (χ2n) is 3.75. The number of rotatable bonds is 4. The van der Waals surface area contributed by atoms with Gasteiger partial charge >= 0.3 is 0 Å². The van der Waals surface area contributed by atoms with Gasteiger partial charge in [-0.15, -0.1) is 0 Å². The van der Waals surface area contributed by atoms with Crippen LogP contribution in [0.1, 0.15) is 5.69 Å². The molecular formula is C13H14BrN3O. The van der Waals surface area contributed by atoms with Crippen molar-refractivity contribution in [1.82, 2.24) is 15.3 Å². The Bertz CT molecular complexity index is 546. The number of aromatic nitrogens is 2. The lowest BCUT2D eigenvalue weighted by atomic mass is 10.2. The van der Waals surface area contributed by atoms with Crippen molar-refractivity contribution in [1.29, 1.82) is 0 Å². The van der Waals surface area contributed by atoms with Gasteiger partial charge in [0.1, 0.15) is 5.75 Å². The first-order valence-electron chi connectivity index (χ1n) is 5.55. The highest BCUT2D eigenvalue weighted by Gasteiger charge is 2.06. The summed E-state index contributed by atoms with van der Waals surface area (Å²) in [6.07, 6.45) is 1.77. The lowest BCUT2D eigenvalue weighted by Gasteiger charge is -2.06. The third-order valence-corrected chi connectivity index (χ3v) is 3.10. The highest BCUT2D eigenvalue weighted by Crippen LogP contribution is 2.28. The summed E-state index contributed by atoms with van der Waals surface area (Å²) in [5.41, 5.74) is 1.93. The summed E-state index contributed by atoms with van der Waals surface area (Å²) < 4.78 is 6.09. The Morgan fingerprint density at radius 1 is 1.33 bits per heavy atom. The van der Waals surface area contributed by atoms with E-state index in [1.807, 2.05) is 31.3 Å². The van der Waals surface area contributed by atoms with Gasteiger partial charge in [-0.05, 0) is 47.2 Å². The molecule has 0 atom stereocenters. The Morgan fingerprint density at radius 2 is 2.17 bits per heavy atom. The third-order valence-electron chi connectivity index (χ3n) is 2.48. The Kier molecular flexibility index (Phi) is 4.28. The van der Waals surface area contributed by atoms with E-state index in [1.165, 1.54) is 0 Å². The summed E-state index contributed by atoms with van der Waals surface area (Å²) in [7, 11) is 3.54. The fourth-order valence-corrected chi connectivity index (χ4v) is 2.16. The van der Waals surface area contributed by atoms with Crippen LogP contribution < -0.4 is 10.1 Å². The number of hydrogen-bond donors (Lipinski definition) is 1. The second-order valence-corrected chi connectivity index (χ2v) is 4.61. The molecule has 0 amide bonds. The van der Waals surface area contributed by atoms with Gasteiger partial charge in [0.2, 0.25) is 0 Å². The summed E-state index contributed by atoms with van der Waals surface area (Å²) in [4.78, 5) is 8.78. The molecule has 4 nitrogen and oxygen atoms in total. The molecule has 18 heavy (non-hydrogen) atoms. The van der Waals surface area contributed by atoms with E-state index < -0.39 is 0 Å². The van der Waals surface area contributed by atoms with Crippen molar-refractivity contribution in [2.24, 2.45) is 0 Å². The monoisotopic (exact) mass is 307 g/mol. The van der Waals surface area contributed by atoms with Crippen LogP contribution in [-0.2, 0) is 6.54 Å². The van der Waals surface area contributed by atoms with Crippen molar-refractivity contribution < 1.29 is 4.74 Å². The second kappa shape index (κ2) is 5.93. The lowest BCUT2D eigenvalue weighted by molar-refractivity contribution is 0.412. The van der Waals surface area contributed by atoms with E-state index >= 15 is 0 Å². The first-order valence-corrected chi connectivity index (χ1v) is 6.34. The van der Waals surface area contributed by atoms with Crippen LogP contribution in [0.4, 0.5) is 0 Å². The van der Waals surface area contributed by atoms with E-state index in [1.54, 1.807) is 13.3 Å². The largest absolute Gasteiger partial charge is 0.496 e. The quantitative estimate of drug-likeness (QED) is 0.943. The van der Waals surface area contributed by atoms with Gasteiger partial charge in [-0.25, -0.2) is 9.97 Å². The molecule has 1 aromatic carbocycles. The molecule has 1 aromatic heterocycles. The summed E-state index contributed by atoms with van der Waals surface area (Å²) in [5.74, 6) is 1.51. The number of nitrogens with one attached hydrogen (secondary N) is 1. The molecule has 1 heterocycles. The zero-order chi connectivity index (χ0) is 13.0. The van der Waals surface area contributed by atoms with Crippen LogP contribution in [0.3, 0.4) is 0 Å². The van der Waals surface area contributed by atoms with Crippen molar-refractivity contribution in [3.8, 4) is 17.1 Å². The maximum atomic E-state index is 5.20. The van der Waals surface area contributed by atoms with Gasteiger partial charge in [-0.3, -0.25) is 0 Å². The van der Waals surface area contributed by atoms with E-state index in [0.29, 0.717) is 5.82 Å². The predicted octanol–water partition coefficient (Wildman–Crippen LogP) is 2.63. The summed E-state index contributed by atoms with van der Waals surface area (Å²) in [5, 5.41) is 3.07. The number of nitrogens with zero attached hydrogens (tertiary/aromatic N) is 2. The Balaban J connectivity index is 2.36. The highest BCUT2D eigenvalue weighted by molar-refractivity contribution is 9.10. The molecule has 2 aromatic rings. The molecular weight excluding hydrogens is 294 g/mol. The maximum absolute atomic E-state index is 5.20. The average Bonchev–Trinajstić information content (AvgIpc) is 2.39. The van der Waals surface area contributed by atoms with Crippen molar-refractivity contribution in [3.63, 3.8) is 0 Å². The van der Waals surface area contributed by atoms with Gasteiger partial charge in [-0.1, -0.05) is 0 Å². The number of hydrogen-bond acceptors (Lipinski definition) is 4. The van der Waals surface area contributed by atoms with Crippen LogP contribution in [0, 0.1) is 0 Å². The summed E-state index contributed by atoms with van der Waals surface area (Å²) in [6, 6.07) is 7.70. The van der Waals surface area contributed by atoms with E-state index in [2.05, 4.69) is 31.2 Å². The van der Waals surface area contributed by atoms with Gasteiger partial charge in [0, 0.05) is 18.3 Å². The van der Waals surface area contributed by atoms with E-state index in [4.69, 9.17) is 4.74 Å². The summed E-state index contributed by atoms with van der Waals surface area (Å²) >= 11 is 3.46. The molecule has 0 bridgehead atoms. The number of halogens is 1. The van der Waals surface area contributed by atoms with E-state index in [-0.39, 0.29) is 0 Å². The molecule has 0 radical (unpaired) electrons. The Labute approximate surface area is 115 Å². The van der Waals surface area contributed by atoms with Gasteiger partial charge in [0.15, 0.2) is 5.82 Å². The normalized spacial score (nSPS) is 10.4. The zero-order valence-electron chi connectivity index (χ0n) is 10.3. The van der Waals surface area contributed by atoms with Gasteiger partial charge in [0.05, 0.1) is 17.3 Å². The molecule has 5 heteroatoms. The van der Waals surface area contributed by atoms with E-state index in [9.17, 15) is 0 Å². The first-order chi connectivity index (χ1) is 8.74. The lowest BCUT2D eigenvalue weighted by Crippen LogP contribution is -2.07. The summed E-state index contributed by atoms with van der Waals surface area (Å²) in [6.45, 7) is 0.729. The van der Waals surface area contributed by atoms with Crippen molar-refractivity contribution in [3.05, 3.63) is 40.6 Å². The van der Waals surface area contributed by atoms with Crippen molar-refractivity contribution in [2.75, 3.05) is 14.2 Å². The molecule has 2 rings (SSSR count). The predicted molar refractivity (Wildman–Crippen MR) is 74.5 cm³/mol. The topological polar surface area (TPSA) is 47.0 Å². The van der Waals surface area contributed by atoms with E-state index in [0.717, 1.165) is 28.0 Å². The molecule has 0 fully saturated rings. The molecule has 0 saturated heterocycles. The molecule has 94 valence electrons. The smallest absolute Gasteiger partial charge is 0.159 e. The minimum absolute atomic E-state index is 0.714. The van der Waals surface area contributed by atoms with Crippen molar-refractivity contribution >= 4 is 15.9 Å². The maximum Gasteiger partial charge on any atom is 0.159 e. The van der Waals surface area contributed by atoms with Crippen LogP contribution in [0.25, 0.3) is 11.4 Å². The molecule has 0 aliphatic rings. The third kappa shape index (κ3) is 2.86. The van der Waals surface area contributed by atoms with Crippen LogP contribution in [0.2, 0.25) is 0 Å². The minimum Gasteiger partial charge on any atom is -0.496 e. The van der Waals surface area contributed by atoms with Gasteiger partial charge in [0.25, 0.3) is 0 Å². The van der Waals surface area contributed by atoms with Crippen LogP contribution in [-0.4, -0.2) is 24.1 Å². The first kappa shape index (κ1) is 13.0. The number of methoxy groups -OCH3 is 1. The molecule has 0 aliphatic heterocycles. The number of ether oxygens (including phenoxy) is 1. The number of benzene rings is 1. The molecule has 0 aliphatic carbocycles. The SMILES string of the molecule is CNCc1ccnc(-c2ccc(OC)c(Br)c2)n1. The fourth-order valence-electron chi connectivity index (χ4n) is 1.62. The van der Waals surface area contributed by atoms with Gasteiger partial charge in [-0.2, -0.15) is 0 Å².